The standard InChI is InChI=1S/C16H21N3O2/c1-19(11-13-5-4-10-21-12-13)16(20)15-14(6-2-8-17)7-3-9-18-15/h3,7,9,13H,4-5,8,10-12,17H2,1H3. The first-order chi connectivity index (χ1) is 10.2. The van der Waals surface area contributed by atoms with Crippen LogP contribution in [0.3, 0.4) is 0 Å². The van der Waals surface area contributed by atoms with E-state index in [1.54, 1.807) is 30.3 Å². The van der Waals surface area contributed by atoms with Crippen LogP contribution in [0.25, 0.3) is 0 Å². The van der Waals surface area contributed by atoms with Gasteiger partial charge in [0.25, 0.3) is 5.91 Å². The molecule has 1 unspecified atom stereocenters. The Morgan fingerprint density at radius 1 is 1.62 bits per heavy atom. The molecule has 21 heavy (non-hydrogen) atoms. The number of nitrogens with zero attached hydrogens (tertiary/aromatic N) is 2. The molecule has 112 valence electrons. The fourth-order valence-corrected chi connectivity index (χ4v) is 2.43. The Kier molecular flexibility index (Phi) is 5.73. The first-order valence-electron chi connectivity index (χ1n) is 7.19. The van der Waals surface area contributed by atoms with Crippen LogP contribution in [0.5, 0.6) is 0 Å². The zero-order valence-electron chi connectivity index (χ0n) is 12.3. The van der Waals surface area contributed by atoms with Crippen LogP contribution in [0.1, 0.15) is 28.9 Å². The highest BCUT2D eigenvalue weighted by molar-refractivity contribution is 5.94. The first-order valence-corrected chi connectivity index (χ1v) is 7.19. The molecule has 5 nitrogen and oxygen atoms in total. The Morgan fingerprint density at radius 2 is 2.48 bits per heavy atom. The smallest absolute Gasteiger partial charge is 0.273 e. The van der Waals surface area contributed by atoms with Crippen LogP contribution in [-0.2, 0) is 4.74 Å². The summed E-state index contributed by atoms with van der Waals surface area (Å²) >= 11 is 0. The van der Waals surface area contributed by atoms with Crippen LogP contribution >= 0.6 is 0 Å². The maximum absolute atomic E-state index is 12.5. The van der Waals surface area contributed by atoms with Crippen LogP contribution in [0.4, 0.5) is 0 Å². The van der Waals surface area contributed by atoms with Crippen molar-refractivity contribution in [1.29, 1.82) is 0 Å². The second kappa shape index (κ2) is 7.77. The lowest BCUT2D eigenvalue weighted by atomic mass is 10.0. The van der Waals surface area contributed by atoms with Crippen molar-refractivity contribution < 1.29 is 9.53 Å². The third-order valence-corrected chi connectivity index (χ3v) is 3.47. The van der Waals surface area contributed by atoms with Gasteiger partial charge in [0, 0.05) is 26.4 Å². The Labute approximate surface area is 125 Å². The second-order valence-electron chi connectivity index (χ2n) is 5.17. The van der Waals surface area contributed by atoms with Crippen molar-refractivity contribution in [2.45, 2.75) is 12.8 Å². The number of rotatable bonds is 3. The summed E-state index contributed by atoms with van der Waals surface area (Å²) in [5, 5.41) is 0. The van der Waals surface area contributed by atoms with E-state index in [0.29, 0.717) is 23.7 Å². The predicted molar refractivity (Wildman–Crippen MR) is 80.7 cm³/mol. The van der Waals surface area contributed by atoms with Crippen molar-refractivity contribution in [2.24, 2.45) is 11.7 Å². The molecule has 2 rings (SSSR count). The fraction of sp³-hybridized carbons (Fsp3) is 0.500. The number of carbonyl (C=O) groups excluding carboxylic acids is 1. The largest absolute Gasteiger partial charge is 0.381 e. The van der Waals surface area contributed by atoms with E-state index in [1.807, 2.05) is 0 Å². The third-order valence-electron chi connectivity index (χ3n) is 3.47. The zero-order valence-corrected chi connectivity index (χ0v) is 12.3. The SMILES string of the molecule is CN(CC1CCCOC1)C(=O)c1ncccc1C#CCN. The summed E-state index contributed by atoms with van der Waals surface area (Å²) in [4.78, 5) is 18.4. The number of amides is 1. The van der Waals surface area contributed by atoms with Gasteiger partial charge >= 0.3 is 0 Å². The molecule has 5 heteroatoms. The van der Waals surface area contributed by atoms with Crippen LogP contribution < -0.4 is 5.73 Å². The minimum Gasteiger partial charge on any atom is -0.381 e. The molecule has 1 aliphatic rings. The Morgan fingerprint density at radius 3 is 3.19 bits per heavy atom. The van der Waals surface area contributed by atoms with Crippen LogP contribution in [-0.4, -0.2) is 49.1 Å². The van der Waals surface area contributed by atoms with Gasteiger partial charge in [0.15, 0.2) is 0 Å². The summed E-state index contributed by atoms with van der Waals surface area (Å²) in [5.74, 6) is 5.96. The lowest BCUT2D eigenvalue weighted by molar-refractivity contribution is 0.0387. The van der Waals surface area contributed by atoms with E-state index in [1.165, 1.54) is 0 Å². The molecule has 2 heterocycles. The zero-order chi connectivity index (χ0) is 15.1. The molecule has 1 aliphatic heterocycles. The second-order valence-corrected chi connectivity index (χ2v) is 5.17. The van der Waals surface area contributed by atoms with E-state index in [9.17, 15) is 4.79 Å². The fourth-order valence-electron chi connectivity index (χ4n) is 2.43. The van der Waals surface area contributed by atoms with Crippen molar-refractivity contribution >= 4 is 5.91 Å². The molecule has 0 bridgehead atoms. The highest BCUT2D eigenvalue weighted by Crippen LogP contribution is 2.16. The number of carbonyl (C=O) groups is 1. The number of nitrogens with two attached hydrogens (primary N) is 1. The topological polar surface area (TPSA) is 68.5 Å². The number of hydrogen-bond acceptors (Lipinski definition) is 4. The van der Waals surface area contributed by atoms with Gasteiger partial charge in [0.1, 0.15) is 5.69 Å². The van der Waals surface area contributed by atoms with Crippen LogP contribution in [0.15, 0.2) is 18.3 Å². The normalized spacial score (nSPS) is 17.7. The number of pyridine rings is 1. The summed E-state index contributed by atoms with van der Waals surface area (Å²) in [5.41, 5.74) is 6.39. The number of aromatic nitrogens is 1. The van der Waals surface area contributed by atoms with E-state index in [-0.39, 0.29) is 12.5 Å². The van der Waals surface area contributed by atoms with Crippen LogP contribution in [0.2, 0.25) is 0 Å². The molecule has 0 aliphatic carbocycles. The van der Waals surface area contributed by atoms with E-state index < -0.39 is 0 Å². The first kappa shape index (κ1) is 15.5. The molecule has 1 amide bonds. The molecule has 1 aromatic rings. The van der Waals surface area contributed by atoms with E-state index >= 15 is 0 Å². The highest BCUT2D eigenvalue weighted by atomic mass is 16.5. The molecular weight excluding hydrogens is 266 g/mol. The molecule has 0 aromatic carbocycles. The maximum Gasteiger partial charge on any atom is 0.273 e. The van der Waals surface area contributed by atoms with Gasteiger partial charge in [-0.05, 0) is 30.9 Å². The molecule has 1 atom stereocenters. The van der Waals surface area contributed by atoms with Gasteiger partial charge in [-0.25, -0.2) is 4.98 Å². The molecule has 1 aromatic heterocycles. The van der Waals surface area contributed by atoms with Crippen molar-refractivity contribution in [3.8, 4) is 11.8 Å². The van der Waals surface area contributed by atoms with Crippen molar-refractivity contribution in [1.82, 2.24) is 9.88 Å². The van der Waals surface area contributed by atoms with Gasteiger partial charge in [0.05, 0.1) is 18.7 Å². The highest BCUT2D eigenvalue weighted by Gasteiger charge is 2.21. The summed E-state index contributed by atoms with van der Waals surface area (Å²) in [6.07, 6.45) is 3.77. The molecule has 2 N–H and O–H groups in total. The van der Waals surface area contributed by atoms with Crippen molar-refractivity contribution in [3.05, 3.63) is 29.6 Å². The molecule has 1 fully saturated rings. The predicted octanol–water partition coefficient (Wildman–Crippen LogP) is 0.890. The average Bonchev–Trinajstić information content (AvgIpc) is 2.53. The summed E-state index contributed by atoms with van der Waals surface area (Å²) in [7, 11) is 1.80. The van der Waals surface area contributed by atoms with Gasteiger partial charge in [-0.2, -0.15) is 0 Å². The van der Waals surface area contributed by atoms with Crippen LogP contribution in [0, 0.1) is 17.8 Å². The van der Waals surface area contributed by atoms with E-state index in [2.05, 4.69) is 16.8 Å². The molecule has 0 radical (unpaired) electrons. The van der Waals surface area contributed by atoms with Crippen molar-refractivity contribution in [2.75, 3.05) is 33.4 Å². The van der Waals surface area contributed by atoms with Gasteiger partial charge in [-0.1, -0.05) is 11.8 Å². The van der Waals surface area contributed by atoms with Gasteiger partial charge < -0.3 is 15.4 Å². The summed E-state index contributed by atoms with van der Waals surface area (Å²) in [6.45, 7) is 2.49. The number of hydrogen-bond donors (Lipinski definition) is 1. The molecule has 0 saturated carbocycles. The average molecular weight is 287 g/mol. The lowest BCUT2D eigenvalue weighted by Gasteiger charge is -2.27. The van der Waals surface area contributed by atoms with Crippen molar-refractivity contribution in [3.63, 3.8) is 0 Å². The Balaban J connectivity index is 2.08. The lowest BCUT2D eigenvalue weighted by Crippen LogP contribution is -2.35. The van der Waals surface area contributed by atoms with Gasteiger partial charge in [-0.15, -0.1) is 0 Å². The summed E-state index contributed by atoms with van der Waals surface area (Å²) < 4.78 is 5.46. The maximum atomic E-state index is 12.5. The third kappa shape index (κ3) is 4.28. The minimum atomic E-state index is -0.109. The van der Waals surface area contributed by atoms with E-state index in [0.717, 1.165) is 26.1 Å². The summed E-state index contributed by atoms with van der Waals surface area (Å²) in [6, 6.07) is 3.56. The van der Waals surface area contributed by atoms with E-state index in [4.69, 9.17) is 10.5 Å². The Hall–Kier alpha value is -1.90. The van der Waals surface area contributed by atoms with Gasteiger partial charge in [0.2, 0.25) is 0 Å². The molecular formula is C16H21N3O2. The monoisotopic (exact) mass is 287 g/mol. The van der Waals surface area contributed by atoms with Gasteiger partial charge in [-0.3, -0.25) is 4.79 Å². The number of ether oxygens (including phenoxy) is 1. The quantitative estimate of drug-likeness (QED) is 0.838. The molecule has 1 saturated heterocycles. The molecule has 0 spiro atoms. The Bertz CT molecular complexity index is 542. The minimum absolute atomic E-state index is 0.109.